The van der Waals surface area contributed by atoms with Gasteiger partial charge in [-0.3, -0.25) is 14.4 Å². The van der Waals surface area contributed by atoms with Gasteiger partial charge in [-0.2, -0.15) is 0 Å². The molecule has 3 amide bonds. The van der Waals surface area contributed by atoms with Crippen LogP contribution in [-0.2, 0) is 20.8 Å². The Hall–Kier alpha value is -3.40. The van der Waals surface area contributed by atoms with E-state index < -0.39 is 35.5 Å². The van der Waals surface area contributed by atoms with Crippen LogP contribution in [0.5, 0.6) is 5.75 Å². The molecule has 0 radical (unpaired) electrons. The number of rotatable bonds is 4. The number of benzene rings is 2. The zero-order valence-corrected chi connectivity index (χ0v) is 26.6. The zero-order chi connectivity index (χ0) is 31.7. The summed E-state index contributed by atoms with van der Waals surface area (Å²) in [6.07, 6.45) is 8.90. The smallest absolute Gasteiger partial charge is 0.246 e. The van der Waals surface area contributed by atoms with Crippen LogP contribution in [0.25, 0.3) is 6.08 Å². The molecule has 1 aliphatic carbocycles. The highest BCUT2D eigenvalue weighted by Crippen LogP contribution is 2.29. The average Bonchev–Trinajstić information content (AvgIpc) is 2.99. The maximum atomic E-state index is 14.1. The Balaban J connectivity index is 1.68. The first-order valence-electron chi connectivity index (χ1n) is 15.5. The maximum absolute atomic E-state index is 14.1. The van der Waals surface area contributed by atoms with Gasteiger partial charge < -0.3 is 30.7 Å². The van der Waals surface area contributed by atoms with Gasteiger partial charge in [0, 0.05) is 37.1 Å². The fourth-order valence-corrected chi connectivity index (χ4v) is 6.28. The third-order valence-corrected chi connectivity index (χ3v) is 8.61. The van der Waals surface area contributed by atoms with Crippen molar-refractivity contribution < 1.29 is 24.2 Å². The topological polar surface area (TPSA) is 120 Å². The predicted molar refractivity (Wildman–Crippen MR) is 172 cm³/mol. The van der Waals surface area contributed by atoms with Crippen LogP contribution in [0.1, 0.15) is 57.1 Å². The van der Waals surface area contributed by atoms with Crippen molar-refractivity contribution in [1.29, 1.82) is 0 Å². The highest BCUT2D eigenvalue weighted by Gasteiger charge is 2.43. The zero-order valence-electron chi connectivity index (χ0n) is 25.9. The van der Waals surface area contributed by atoms with Crippen molar-refractivity contribution in [2.75, 3.05) is 26.7 Å². The predicted octanol–water partition coefficient (Wildman–Crippen LogP) is 3.73. The van der Waals surface area contributed by atoms with Gasteiger partial charge in [-0.1, -0.05) is 73.3 Å². The molecule has 44 heavy (non-hydrogen) atoms. The molecule has 0 unspecified atom stereocenters. The Morgan fingerprint density at radius 1 is 1.00 bits per heavy atom. The number of hydrogen-bond acceptors (Lipinski definition) is 6. The number of likely N-dealkylation sites (N-methyl/N-ethyl adjacent to an activating group) is 1. The van der Waals surface area contributed by atoms with Crippen molar-refractivity contribution in [2.24, 2.45) is 5.92 Å². The van der Waals surface area contributed by atoms with E-state index in [1.54, 1.807) is 31.3 Å². The van der Waals surface area contributed by atoms with Gasteiger partial charge in [0.2, 0.25) is 17.7 Å². The quantitative estimate of drug-likeness (QED) is 0.412. The summed E-state index contributed by atoms with van der Waals surface area (Å²) < 4.78 is 6.10. The molecule has 2 aromatic rings. The fourth-order valence-electron chi connectivity index (χ4n) is 6.15. The SMILES string of the molecule is CN1C(=O)[C@H](C2CCCCC2)NCCOc2ccccc2/C=C/CNC(=O)[C@@H](Cc2ccc(Cl)cc2)NC(=O)[C@@H]1C(C)(C)O. The van der Waals surface area contributed by atoms with Crippen molar-refractivity contribution in [1.82, 2.24) is 20.9 Å². The van der Waals surface area contributed by atoms with Crippen LogP contribution in [0, 0.1) is 5.92 Å². The van der Waals surface area contributed by atoms with Crippen LogP contribution in [0.4, 0.5) is 0 Å². The van der Waals surface area contributed by atoms with E-state index in [-0.39, 0.29) is 24.8 Å². The number of fused-ring (bicyclic) bond motifs is 1. The second-order valence-electron chi connectivity index (χ2n) is 12.3. The summed E-state index contributed by atoms with van der Waals surface area (Å²) >= 11 is 6.07. The number of nitrogens with one attached hydrogen (secondary N) is 3. The molecule has 238 valence electrons. The first-order chi connectivity index (χ1) is 21.0. The van der Waals surface area contributed by atoms with E-state index in [9.17, 15) is 19.5 Å². The van der Waals surface area contributed by atoms with Gasteiger partial charge in [-0.25, -0.2) is 0 Å². The number of carbonyl (C=O) groups is 3. The fraction of sp³-hybridized carbons (Fsp3) is 0.500. The van der Waals surface area contributed by atoms with Crippen molar-refractivity contribution in [3.63, 3.8) is 0 Å². The van der Waals surface area contributed by atoms with Crippen LogP contribution in [-0.4, -0.2) is 78.2 Å². The van der Waals surface area contributed by atoms with Crippen molar-refractivity contribution in [2.45, 2.75) is 76.1 Å². The lowest BCUT2D eigenvalue weighted by molar-refractivity contribution is -0.151. The molecular weight excluding hydrogens is 580 g/mol. The van der Waals surface area contributed by atoms with Gasteiger partial charge in [0.05, 0.1) is 11.6 Å². The molecule has 9 nitrogen and oxygen atoms in total. The monoisotopic (exact) mass is 624 g/mol. The van der Waals surface area contributed by atoms with Gasteiger partial charge in [0.1, 0.15) is 24.4 Å². The summed E-state index contributed by atoms with van der Waals surface area (Å²) in [7, 11) is 1.55. The third kappa shape index (κ3) is 9.06. The first kappa shape index (κ1) is 33.5. The van der Waals surface area contributed by atoms with Gasteiger partial charge in [0.25, 0.3) is 0 Å². The minimum absolute atomic E-state index is 0.0912. The number of aliphatic hydroxyl groups is 1. The molecule has 2 aromatic carbocycles. The molecule has 0 saturated heterocycles. The van der Waals surface area contributed by atoms with Gasteiger partial charge in [-0.05, 0) is 56.4 Å². The Labute approximate surface area is 265 Å². The normalized spacial score (nSPS) is 24.2. The molecule has 3 atom stereocenters. The Morgan fingerprint density at radius 3 is 2.41 bits per heavy atom. The second kappa shape index (κ2) is 15.5. The number of hydrogen-bond donors (Lipinski definition) is 4. The Kier molecular flexibility index (Phi) is 11.8. The standard InChI is InChI=1S/C34H45ClN4O5/c1-34(2,43)30-32(41)38-27(22-23-15-17-26(35)18-16-23)31(40)37-19-9-13-24-10-7-8-14-28(24)44-21-20-36-29(33(42)39(30)3)25-11-5-4-6-12-25/h7-10,13-18,25,27,29-30,36,43H,4-6,11-12,19-22H2,1-3H3,(H,37,40)(H,38,41)/b13-9+/t27-,29+,30-/m1/s1. The number of nitrogens with zero attached hydrogens (tertiary/aromatic N) is 1. The molecule has 0 spiro atoms. The van der Waals surface area contributed by atoms with Crippen LogP contribution < -0.4 is 20.7 Å². The summed E-state index contributed by atoms with van der Waals surface area (Å²) in [6.45, 7) is 3.99. The van der Waals surface area contributed by atoms with E-state index in [0.29, 0.717) is 23.9 Å². The Bertz CT molecular complexity index is 1300. The van der Waals surface area contributed by atoms with Crippen molar-refractivity contribution in [3.05, 3.63) is 70.8 Å². The summed E-state index contributed by atoms with van der Waals surface area (Å²) in [4.78, 5) is 42.8. The number of ether oxygens (including phenoxy) is 1. The third-order valence-electron chi connectivity index (χ3n) is 8.36. The van der Waals surface area contributed by atoms with Crippen LogP contribution >= 0.6 is 11.6 Å². The van der Waals surface area contributed by atoms with E-state index in [1.807, 2.05) is 36.4 Å². The molecular formula is C34H45ClN4O5. The van der Waals surface area contributed by atoms with Crippen molar-refractivity contribution in [3.8, 4) is 5.75 Å². The number of amides is 3. The number of carbonyl (C=O) groups excluding carboxylic acids is 3. The molecule has 10 heteroatoms. The van der Waals surface area contributed by atoms with Crippen LogP contribution in [0.2, 0.25) is 5.02 Å². The first-order valence-corrected chi connectivity index (χ1v) is 15.9. The second-order valence-corrected chi connectivity index (χ2v) is 12.7. The van der Waals surface area contributed by atoms with Crippen LogP contribution in [0.15, 0.2) is 54.6 Å². The summed E-state index contributed by atoms with van der Waals surface area (Å²) in [5, 5.41) is 20.9. The lowest BCUT2D eigenvalue weighted by Gasteiger charge is -2.40. The van der Waals surface area contributed by atoms with Crippen molar-refractivity contribution >= 4 is 35.4 Å². The molecule has 2 aliphatic rings. The average molecular weight is 625 g/mol. The minimum Gasteiger partial charge on any atom is -0.492 e. The molecule has 1 fully saturated rings. The molecule has 1 aliphatic heterocycles. The molecule has 1 saturated carbocycles. The molecule has 4 rings (SSSR count). The Morgan fingerprint density at radius 2 is 1.70 bits per heavy atom. The summed E-state index contributed by atoms with van der Waals surface area (Å²) in [6, 6.07) is 11.9. The van der Waals surface area contributed by atoms with Gasteiger partial charge in [-0.15, -0.1) is 0 Å². The van der Waals surface area contributed by atoms with Gasteiger partial charge in [0.15, 0.2) is 0 Å². The lowest BCUT2D eigenvalue weighted by Crippen LogP contribution is -2.64. The van der Waals surface area contributed by atoms with E-state index >= 15 is 0 Å². The van der Waals surface area contributed by atoms with E-state index in [0.717, 1.165) is 43.2 Å². The molecule has 1 heterocycles. The van der Waals surface area contributed by atoms with E-state index in [4.69, 9.17) is 16.3 Å². The summed E-state index contributed by atoms with van der Waals surface area (Å²) in [5.41, 5.74) is 0.0643. The molecule has 0 bridgehead atoms. The highest BCUT2D eigenvalue weighted by molar-refractivity contribution is 6.30. The van der Waals surface area contributed by atoms with E-state index in [2.05, 4.69) is 16.0 Å². The number of halogens is 1. The maximum Gasteiger partial charge on any atom is 0.246 e. The van der Waals surface area contributed by atoms with E-state index in [1.165, 1.54) is 18.7 Å². The van der Waals surface area contributed by atoms with Gasteiger partial charge >= 0.3 is 0 Å². The molecule has 0 aromatic heterocycles. The minimum atomic E-state index is -1.59. The summed E-state index contributed by atoms with van der Waals surface area (Å²) in [5.74, 6) is -0.492. The number of para-hydroxylation sites is 1. The van der Waals surface area contributed by atoms with Crippen LogP contribution in [0.3, 0.4) is 0 Å². The largest absolute Gasteiger partial charge is 0.492 e. The highest BCUT2D eigenvalue weighted by atomic mass is 35.5. The molecule has 4 N–H and O–H groups in total. The lowest BCUT2D eigenvalue weighted by atomic mass is 9.82.